The van der Waals surface area contributed by atoms with E-state index in [2.05, 4.69) is 5.32 Å². The molecule has 1 rings (SSSR count). The first-order valence-corrected chi connectivity index (χ1v) is 6.93. The van der Waals surface area contributed by atoms with Crippen molar-refractivity contribution in [1.82, 2.24) is 5.32 Å². The molecule has 0 aromatic rings. The van der Waals surface area contributed by atoms with Crippen molar-refractivity contribution < 1.29 is 18.9 Å². The third-order valence-corrected chi connectivity index (χ3v) is 3.70. The van der Waals surface area contributed by atoms with Crippen LogP contribution in [0.25, 0.3) is 0 Å². The molecule has 0 aromatic carbocycles. The largest absolute Gasteiger partial charge is 0.481 e. The highest BCUT2D eigenvalue weighted by Crippen LogP contribution is 2.17. The lowest BCUT2D eigenvalue weighted by Gasteiger charge is -2.22. The van der Waals surface area contributed by atoms with E-state index in [1.807, 2.05) is 0 Å². The SMILES string of the molecule is O=C(O)CS(=O)CC(=O)NC1CCCCC1. The van der Waals surface area contributed by atoms with Gasteiger partial charge in [-0.05, 0) is 12.8 Å². The zero-order valence-corrected chi connectivity index (χ0v) is 9.92. The van der Waals surface area contributed by atoms with Gasteiger partial charge in [-0.25, -0.2) is 0 Å². The molecular weight excluding hydrogens is 230 g/mol. The van der Waals surface area contributed by atoms with Gasteiger partial charge >= 0.3 is 5.97 Å². The van der Waals surface area contributed by atoms with Crippen molar-refractivity contribution >= 4 is 22.7 Å². The second-order valence-corrected chi connectivity index (χ2v) is 5.48. The molecule has 92 valence electrons. The lowest BCUT2D eigenvalue weighted by Crippen LogP contribution is -2.39. The Kier molecular flexibility index (Phi) is 5.45. The summed E-state index contributed by atoms with van der Waals surface area (Å²) in [6, 6.07) is 0.183. The molecule has 0 spiro atoms. The van der Waals surface area contributed by atoms with Gasteiger partial charge in [-0.15, -0.1) is 0 Å². The molecular formula is C10H17NO4S. The van der Waals surface area contributed by atoms with Gasteiger partial charge in [0.15, 0.2) is 0 Å². The van der Waals surface area contributed by atoms with Crippen molar-refractivity contribution in [3.63, 3.8) is 0 Å². The molecule has 1 amide bonds. The normalized spacial score (nSPS) is 19.0. The van der Waals surface area contributed by atoms with Crippen LogP contribution < -0.4 is 5.32 Å². The Balaban J connectivity index is 2.24. The fourth-order valence-corrected chi connectivity index (χ4v) is 2.60. The average Bonchev–Trinajstić information content (AvgIpc) is 2.17. The van der Waals surface area contributed by atoms with Gasteiger partial charge in [-0.1, -0.05) is 19.3 Å². The third kappa shape index (κ3) is 5.25. The second kappa shape index (κ2) is 6.62. The van der Waals surface area contributed by atoms with E-state index in [1.54, 1.807) is 0 Å². The van der Waals surface area contributed by atoms with Gasteiger partial charge in [0.1, 0.15) is 11.5 Å². The maximum Gasteiger partial charge on any atom is 0.316 e. The average molecular weight is 247 g/mol. The Morgan fingerprint density at radius 1 is 1.19 bits per heavy atom. The molecule has 2 N–H and O–H groups in total. The highest BCUT2D eigenvalue weighted by atomic mass is 32.2. The molecule has 0 bridgehead atoms. The van der Waals surface area contributed by atoms with Crippen LogP contribution in [0.3, 0.4) is 0 Å². The maximum absolute atomic E-state index is 11.4. The van der Waals surface area contributed by atoms with E-state index in [0.29, 0.717) is 0 Å². The lowest BCUT2D eigenvalue weighted by molar-refractivity contribution is -0.133. The minimum Gasteiger partial charge on any atom is -0.481 e. The van der Waals surface area contributed by atoms with Gasteiger partial charge in [0.05, 0.1) is 0 Å². The Morgan fingerprint density at radius 2 is 1.81 bits per heavy atom. The zero-order valence-electron chi connectivity index (χ0n) is 9.11. The smallest absolute Gasteiger partial charge is 0.316 e. The molecule has 0 aromatic heterocycles. The summed E-state index contributed by atoms with van der Waals surface area (Å²) in [7, 11) is -1.60. The number of amides is 1. The Hall–Kier alpha value is -0.910. The molecule has 0 aliphatic heterocycles. The molecule has 1 fully saturated rings. The topological polar surface area (TPSA) is 83.5 Å². The molecule has 1 unspecified atom stereocenters. The van der Waals surface area contributed by atoms with Crippen LogP contribution in [0.1, 0.15) is 32.1 Å². The molecule has 1 atom stereocenters. The van der Waals surface area contributed by atoms with Gasteiger partial charge in [-0.3, -0.25) is 13.8 Å². The number of hydrogen-bond acceptors (Lipinski definition) is 3. The van der Waals surface area contributed by atoms with E-state index in [0.717, 1.165) is 25.7 Å². The van der Waals surface area contributed by atoms with E-state index in [4.69, 9.17) is 5.11 Å². The molecule has 0 heterocycles. The second-order valence-electron chi connectivity index (χ2n) is 4.02. The van der Waals surface area contributed by atoms with Crippen LogP contribution in [0.4, 0.5) is 0 Å². The monoisotopic (exact) mass is 247 g/mol. The van der Waals surface area contributed by atoms with Crippen molar-refractivity contribution in [2.75, 3.05) is 11.5 Å². The summed E-state index contributed by atoms with van der Waals surface area (Å²) in [5, 5.41) is 11.2. The van der Waals surface area contributed by atoms with Crippen LogP contribution >= 0.6 is 0 Å². The van der Waals surface area contributed by atoms with Crippen LogP contribution in [0.5, 0.6) is 0 Å². The predicted octanol–water partition coefficient (Wildman–Crippen LogP) is 0.269. The maximum atomic E-state index is 11.4. The van der Waals surface area contributed by atoms with E-state index in [1.165, 1.54) is 6.42 Å². The molecule has 6 heteroatoms. The Bertz CT molecular complexity index is 287. The third-order valence-electron chi connectivity index (χ3n) is 2.55. The van der Waals surface area contributed by atoms with Crippen LogP contribution in [0, 0.1) is 0 Å². The number of carbonyl (C=O) groups is 2. The van der Waals surface area contributed by atoms with Crippen LogP contribution in [-0.4, -0.2) is 38.7 Å². The number of carboxylic acids is 1. The van der Waals surface area contributed by atoms with E-state index in [-0.39, 0.29) is 17.7 Å². The first-order valence-electron chi connectivity index (χ1n) is 5.44. The van der Waals surface area contributed by atoms with Crippen molar-refractivity contribution in [2.45, 2.75) is 38.1 Å². The van der Waals surface area contributed by atoms with Crippen LogP contribution in [0.15, 0.2) is 0 Å². The molecule has 1 aliphatic rings. The number of carbonyl (C=O) groups excluding carboxylic acids is 1. The number of nitrogens with one attached hydrogen (secondary N) is 1. The van der Waals surface area contributed by atoms with Crippen molar-refractivity contribution in [3.05, 3.63) is 0 Å². The van der Waals surface area contributed by atoms with Crippen molar-refractivity contribution in [2.24, 2.45) is 0 Å². The van der Waals surface area contributed by atoms with Gasteiger partial charge in [-0.2, -0.15) is 0 Å². The summed E-state index contributed by atoms with van der Waals surface area (Å²) in [5.74, 6) is -2.10. The number of hydrogen-bond donors (Lipinski definition) is 2. The summed E-state index contributed by atoms with van der Waals surface area (Å²) >= 11 is 0. The fourth-order valence-electron chi connectivity index (χ4n) is 1.85. The summed E-state index contributed by atoms with van der Waals surface area (Å²) in [6.07, 6.45) is 5.37. The number of aliphatic carboxylic acids is 1. The van der Waals surface area contributed by atoms with E-state index in [9.17, 15) is 13.8 Å². The highest BCUT2D eigenvalue weighted by Gasteiger charge is 2.17. The molecule has 16 heavy (non-hydrogen) atoms. The molecule has 1 aliphatic carbocycles. The Labute approximate surface area is 97.1 Å². The fraction of sp³-hybridized carbons (Fsp3) is 0.800. The first-order chi connectivity index (χ1) is 7.58. The van der Waals surface area contributed by atoms with Crippen LogP contribution in [0.2, 0.25) is 0 Å². The van der Waals surface area contributed by atoms with E-state index >= 15 is 0 Å². The van der Waals surface area contributed by atoms with Gasteiger partial charge in [0, 0.05) is 16.8 Å². The quantitative estimate of drug-likeness (QED) is 0.730. The number of rotatable bonds is 5. The Morgan fingerprint density at radius 3 is 2.38 bits per heavy atom. The molecule has 0 saturated heterocycles. The molecule has 5 nitrogen and oxygen atoms in total. The summed E-state index contributed by atoms with van der Waals surface area (Å²) in [6.45, 7) is 0. The standard InChI is InChI=1S/C10H17NO4S/c12-9(6-16(15)7-10(13)14)11-8-4-2-1-3-5-8/h8H,1-7H2,(H,11,12)(H,13,14). The molecule has 1 saturated carbocycles. The lowest BCUT2D eigenvalue weighted by atomic mass is 9.95. The highest BCUT2D eigenvalue weighted by molar-refractivity contribution is 7.86. The van der Waals surface area contributed by atoms with Crippen molar-refractivity contribution in [3.8, 4) is 0 Å². The van der Waals surface area contributed by atoms with Gasteiger partial charge in [0.2, 0.25) is 5.91 Å². The van der Waals surface area contributed by atoms with Crippen LogP contribution in [-0.2, 0) is 20.4 Å². The minimum atomic E-state index is -1.60. The zero-order chi connectivity index (χ0) is 12.0. The summed E-state index contributed by atoms with van der Waals surface area (Å²) < 4.78 is 11.2. The van der Waals surface area contributed by atoms with Crippen molar-refractivity contribution in [1.29, 1.82) is 0 Å². The molecule has 0 radical (unpaired) electrons. The first kappa shape index (κ1) is 13.2. The minimum absolute atomic E-state index is 0.183. The predicted molar refractivity (Wildman–Crippen MR) is 60.5 cm³/mol. The number of carboxylic acid groups (broad SMARTS) is 1. The summed E-state index contributed by atoms with van der Waals surface area (Å²) in [5.41, 5.74) is 0. The van der Waals surface area contributed by atoms with E-state index < -0.39 is 22.5 Å². The van der Waals surface area contributed by atoms with Gasteiger partial charge < -0.3 is 10.4 Å². The van der Waals surface area contributed by atoms with Gasteiger partial charge in [0.25, 0.3) is 0 Å². The summed E-state index contributed by atoms with van der Waals surface area (Å²) in [4.78, 5) is 21.7.